The van der Waals surface area contributed by atoms with Gasteiger partial charge in [-0.2, -0.15) is 0 Å². The minimum atomic E-state index is -0.514. The maximum Gasteiger partial charge on any atom is 0.270 e. The van der Waals surface area contributed by atoms with Crippen LogP contribution in [0.1, 0.15) is 34.6 Å². The number of carbonyl (C=O) groups excluding carboxylic acids is 2. The van der Waals surface area contributed by atoms with Gasteiger partial charge in [-0.05, 0) is 42.7 Å². The SMILES string of the molecule is O=C(NC1CCCNC1=O)c1cccc(Cc2cccc(F)c2)n1. The molecule has 1 aliphatic heterocycles. The molecule has 2 amide bonds. The number of hydrogen-bond acceptors (Lipinski definition) is 3. The Balaban J connectivity index is 1.70. The van der Waals surface area contributed by atoms with Gasteiger partial charge in [-0.3, -0.25) is 9.59 Å². The molecule has 0 bridgehead atoms. The molecule has 1 aromatic carbocycles. The summed E-state index contributed by atoms with van der Waals surface area (Å²) in [6, 6.07) is 10.9. The number of pyridine rings is 1. The first-order valence-electron chi connectivity index (χ1n) is 7.91. The Hall–Kier alpha value is -2.76. The van der Waals surface area contributed by atoms with Crippen molar-refractivity contribution in [2.24, 2.45) is 0 Å². The smallest absolute Gasteiger partial charge is 0.270 e. The Morgan fingerprint density at radius 1 is 1.29 bits per heavy atom. The third kappa shape index (κ3) is 3.95. The van der Waals surface area contributed by atoms with Crippen LogP contribution in [0.2, 0.25) is 0 Å². The number of amides is 2. The fourth-order valence-electron chi connectivity index (χ4n) is 2.70. The van der Waals surface area contributed by atoms with E-state index in [1.807, 2.05) is 6.07 Å². The number of nitrogens with one attached hydrogen (secondary N) is 2. The number of nitrogens with zero attached hydrogens (tertiary/aromatic N) is 1. The van der Waals surface area contributed by atoms with Crippen molar-refractivity contribution in [1.29, 1.82) is 0 Å². The van der Waals surface area contributed by atoms with E-state index in [0.717, 1.165) is 12.0 Å². The lowest BCUT2D eigenvalue weighted by molar-refractivity contribution is -0.124. The van der Waals surface area contributed by atoms with Crippen molar-refractivity contribution in [2.45, 2.75) is 25.3 Å². The molecule has 5 nitrogen and oxygen atoms in total. The number of piperidine rings is 1. The molecule has 0 saturated carbocycles. The highest BCUT2D eigenvalue weighted by molar-refractivity contribution is 5.96. The summed E-state index contributed by atoms with van der Waals surface area (Å²) in [6.45, 7) is 0.645. The predicted molar refractivity (Wildman–Crippen MR) is 86.9 cm³/mol. The Morgan fingerprint density at radius 2 is 2.12 bits per heavy atom. The number of hydrogen-bond donors (Lipinski definition) is 2. The molecule has 0 radical (unpaired) electrons. The summed E-state index contributed by atoms with van der Waals surface area (Å²) in [7, 11) is 0. The predicted octanol–water partition coefficient (Wildman–Crippen LogP) is 1.82. The van der Waals surface area contributed by atoms with Gasteiger partial charge < -0.3 is 10.6 Å². The molecule has 0 spiro atoms. The summed E-state index contributed by atoms with van der Waals surface area (Å²) in [5, 5.41) is 5.44. The van der Waals surface area contributed by atoms with E-state index in [0.29, 0.717) is 25.1 Å². The van der Waals surface area contributed by atoms with Gasteiger partial charge in [-0.25, -0.2) is 9.37 Å². The summed E-state index contributed by atoms with van der Waals surface area (Å²) in [5.41, 5.74) is 1.70. The lowest BCUT2D eigenvalue weighted by Gasteiger charge is -2.22. The fraction of sp³-hybridized carbons (Fsp3) is 0.278. The number of carbonyl (C=O) groups is 2. The van der Waals surface area contributed by atoms with Gasteiger partial charge in [0.2, 0.25) is 5.91 Å². The zero-order valence-corrected chi connectivity index (χ0v) is 13.1. The minimum absolute atomic E-state index is 0.162. The minimum Gasteiger partial charge on any atom is -0.354 e. The van der Waals surface area contributed by atoms with Crippen LogP contribution in [0.25, 0.3) is 0 Å². The lowest BCUT2D eigenvalue weighted by atomic mass is 10.1. The van der Waals surface area contributed by atoms with E-state index in [1.165, 1.54) is 12.1 Å². The highest BCUT2D eigenvalue weighted by atomic mass is 19.1. The average Bonchev–Trinajstić information content (AvgIpc) is 2.57. The largest absolute Gasteiger partial charge is 0.354 e. The molecule has 1 saturated heterocycles. The second-order valence-electron chi connectivity index (χ2n) is 5.78. The maximum atomic E-state index is 13.3. The number of rotatable bonds is 4. The normalized spacial score (nSPS) is 17.2. The van der Waals surface area contributed by atoms with Crippen LogP contribution in [0.5, 0.6) is 0 Å². The molecule has 24 heavy (non-hydrogen) atoms. The topological polar surface area (TPSA) is 71.1 Å². The monoisotopic (exact) mass is 327 g/mol. The highest BCUT2D eigenvalue weighted by Crippen LogP contribution is 2.11. The lowest BCUT2D eigenvalue weighted by Crippen LogP contribution is -2.50. The molecule has 1 aliphatic rings. The Kier molecular flexibility index (Phi) is 4.84. The van der Waals surface area contributed by atoms with Crippen LogP contribution in [-0.2, 0) is 11.2 Å². The standard InChI is InChI=1S/C18H18FN3O2/c19-13-5-1-4-12(10-13)11-14-6-2-7-16(21-14)18(24)22-15-8-3-9-20-17(15)23/h1-2,4-7,10,15H,3,8-9,11H2,(H,20,23)(H,22,24). The van der Waals surface area contributed by atoms with Gasteiger partial charge >= 0.3 is 0 Å². The molecule has 2 heterocycles. The maximum absolute atomic E-state index is 13.3. The Morgan fingerprint density at radius 3 is 2.92 bits per heavy atom. The molecule has 1 unspecified atom stereocenters. The van der Waals surface area contributed by atoms with Crippen LogP contribution in [-0.4, -0.2) is 29.4 Å². The first-order valence-corrected chi connectivity index (χ1v) is 7.91. The Bertz CT molecular complexity index is 763. The van der Waals surface area contributed by atoms with Gasteiger partial charge in [0, 0.05) is 18.7 Å². The van der Waals surface area contributed by atoms with Gasteiger partial charge in [0.25, 0.3) is 5.91 Å². The van der Waals surface area contributed by atoms with E-state index < -0.39 is 6.04 Å². The van der Waals surface area contributed by atoms with Crippen molar-refractivity contribution in [2.75, 3.05) is 6.54 Å². The van der Waals surface area contributed by atoms with Crippen molar-refractivity contribution >= 4 is 11.8 Å². The highest BCUT2D eigenvalue weighted by Gasteiger charge is 2.24. The summed E-state index contributed by atoms with van der Waals surface area (Å²) in [4.78, 5) is 28.3. The van der Waals surface area contributed by atoms with Crippen LogP contribution in [0.3, 0.4) is 0 Å². The Labute approximate surface area is 139 Å². The third-order valence-electron chi connectivity index (χ3n) is 3.90. The average molecular weight is 327 g/mol. The quantitative estimate of drug-likeness (QED) is 0.900. The molecular formula is C18H18FN3O2. The molecule has 0 aliphatic carbocycles. The van der Waals surface area contributed by atoms with E-state index in [2.05, 4.69) is 15.6 Å². The van der Waals surface area contributed by atoms with Gasteiger partial charge in [0.05, 0.1) is 0 Å². The second kappa shape index (κ2) is 7.21. The van der Waals surface area contributed by atoms with Crippen molar-refractivity contribution in [3.05, 3.63) is 65.2 Å². The summed E-state index contributed by atoms with van der Waals surface area (Å²) < 4.78 is 13.3. The zero-order chi connectivity index (χ0) is 16.9. The molecule has 1 fully saturated rings. The van der Waals surface area contributed by atoms with Crippen LogP contribution in [0, 0.1) is 5.82 Å². The number of aromatic nitrogens is 1. The summed E-state index contributed by atoms with van der Waals surface area (Å²) in [6.07, 6.45) is 1.90. The van der Waals surface area contributed by atoms with Gasteiger partial charge in [-0.1, -0.05) is 18.2 Å². The van der Waals surface area contributed by atoms with Gasteiger partial charge in [0.15, 0.2) is 0 Å². The third-order valence-corrected chi connectivity index (χ3v) is 3.90. The van der Waals surface area contributed by atoms with E-state index in [4.69, 9.17) is 0 Å². The van der Waals surface area contributed by atoms with Gasteiger partial charge in [-0.15, -0.1) is 0 Å². The number of halogens is 1. The van der Waals surface area contributed by atoms with Crippen molar-refractivity contribution in [3.8, 4) is 0 Å². The summed E-state index contributed by atoms with van der Waals surface area (Å²) >= 11 is 0. The summed E-state index contributed by atoms with van der Waals surface area (Å²) in [5.74, 6) is -0.839. The van der Waals surface area contributed by atoms with Crippen LogP contribution in [0.15, 0.2) is 42.5 Å². The van der Waals surface area contributed by atoms with E-state index in [9.17, 15) is 14.0 Å². The molecule has 3 rings (SSSR count). The first kappa shape index (κ1) is 16.1. The van der Waals surface area contributed by atoms with E-state index >= 15 is 0 Å². The van der Waals surface area contributed by atoms with Crippen LogP contribution < -0.4 is 10.6 Å². The number of benzene rings is 1. The van der Waals surface area contributed by atoms with Gasteiger partial charge in [0.1, 0.15) is 17.6 Å². The fourth-order valence-corrected chi connectivity index (χ4v) is 2.70. The molecule has 6 heteroatoms. The zero-order valence-electron chi connectivity index (χ0n) is 13.1. The molecule has 124 valence electrons. The van der Waals surface area contributed by atoms with Crippen molar-refractivity contribution in [3.63, 3.8) is 0 Å². The van der Waals surface area contributed by atoms with Crippen molar-refractivity contribution < 1.29 is 14.0 Å². The molecule has 1 aromatic heterocycles. The van der Waals surface area contributed by atoms with Crippen LogP contribution >= 0.6 is 0 Å². The van der Waals surface area contributed by atoms with E-state index in [-0.39, 0.29) is 23.3 Å². The molecular weight excluding hydrogens is 309 g/mol. The first-order chi connectivity index (χ1) is 11.6. The molecule has 2 aromatic rings. The van der Waals surface area contributed by atoms with Crippen molar-refractivity contribution in [1.82, 2.24) is 15.6 Å². The van der Waals surface area contributed by atoms with Crippen LogP contribution in [0.4, 0.5) is 4.39 Å². The van der Waals surface area contributed by atoms with E-state index in [1.54, 1.807) is 24.3 Å². The molecule has 2 N–H and O–H groups in total. The second-order valence-corrected chi connectivity index (χ2v) is 5.78. The molecule has 1 atom stereocenters.